The minimum Gasteiger partial charge on any atom is -0.493 e. The van der Waals surface area contributed by atoms with Crippen LogP contribution < -0.4 is 9.30 Å². The SMILES string of the molecule is Cc1ccc2c(oc3c(-c4ccc5c(c4)OCC5)c(C#N)ccc32)c1-c1cccc[n+]1C. The molecule has 154 valence electrons. The molecule has 0 fully saturated rings. The minimum absolute atomic E-state index is 0.595. The van der Waals surface area contributed by atoms with Crippen LogP contribution in [0.4, 0.5) is 0 Å². The van der Waals surface area contributed by atoms with Crippen LogP contribution in [0.1, 0.15) is 16.7 Å². The van der Waals surface area contributed by atoms with Gasteiger partial charge in [0.15, 0.2) is 6.20 Å². The van der Waals surface area contributed by atoms with Gasteiger partial charge in [-0.2, -0.15) is 5.26 Å². The third-order valence-corrected chi connectivity index (χ3v) is 6.43. The number of ether oxygens (including phenoxy) is 1. The summed E-state index contributed by atoms with van der Waals surface area (Å²) in [5, 5.41) is 12.0. The summed E-state index contributed by atoms with van der Waals surface area (Å²) in [6.45, 7) is 2.81. The largest absolute Gasteiger partial charge is 0.493 e. The molecule has 3 aromatic carbocycles. The Morgan fingerprint density at radius 3 is 2.56 bits per heavy atom. The maximum atomic E-state index is 9.89. The van der Waals surface area contributed by atoms with E-state index < -0.39 is 0 Å². The van der Waals surface area contributed by atoms with Crippen molar-refractivity contribution in [2.75, 3.05) is 6.61 Å². The summed E-state index contributed by atoms with van der Waals surface area (Å²) in [6, 6.07) is 22.9. The number of benzene rings is 3. The molecular weight excluding hydrogens is 396 g/mol. The molecule has 6 rings (SSSR count). The maximum Gasteiger partial charge on any atom is 0.216 e. The van der Waals surface area contributed by atoms with Crippen LogP contribution in [0.3, 0.4) is 0 Å². The van der Waals surface area contributed by atoms with Crippen molar-refractivity contribution in [3.8, 4) is 34.2 Å². The van der Waals surface area contributed by atoms with E-state index in [2.05, 4.69) is 47.9 Å². The summed E-state index contributed by atoms with van der Waals surface area (Å²) < 4.78 is 14.5. The minimum atomic E-state index is 0.595. The normalized spacial score (nSPS) is 12.7. The van der Waals surface area contributed by atoms with E-state index in [0.29, 0.717) is 12.2 Å². The molecule has 0 saturated carbocycles. The number of nitrogens with zero attached hydrogens (tertiary/aromatic N) is 2. The van der Waals surface area contributed by atoms with Crippen molar-refractivity contribution < 1.29 is 13.7 Å². The molecule has 2 aromatic heterocycles. The van der Waals surface area contributed by atoms with Crippen molar-refractivity contribution in [2.45, 2.75) is 13.3 Å². The summed E-state index contributed by atoms with van der Waals surface area (Å²) >= 11 is 0. The molecule has 0 aliphatic carbocycles. The zero-order valence-electron chi connectivity index (χ0n) is 18.0. The highest BCUT2D eigenvalue weighted by atomic mass is 16.5. The molecule has 32 heavy (non-hydrogen) atoms. The second-order valence-corrected chi connectivity index (χ2v) is 8.33. The molecule has 1 aliphatic heterocycles. The highest BCUT2D eigenvalue weighted by Crippen LogP contribution is 2.43. The van der Waals surface area contributed by atoms with Crippen molar-refractivity contribution in [3.63, 3.8) is 0 Å². The molecule has 1 aliphatic rings. The van der Waals surface area contributed by atoms with Crippen LogP contribution in [0.15, 0.2) is 71.3 Å². The van der Waals surface area contributed by atoms with Crippen molar-refractivity contribution in [2.24, 2.45) is 7.05 Å². The average Bonchev–Trinajstić information content (AvgIpc) is 3.42. The number of hydrogen-bond acceptors (Lipinski definition) is 3. The monoisotopic (exact) mass is 417 g/mol. The van der Waals surface area contributed by atoms with E-state index in [1.807, 2.05) is 43.6 Å². The van der Waals surface area contributed by atoms with E-state index in [-0.39, 0.29) is 0 Å². The summed E-state index contributed by atoms with van der Waals surface area (Å²) in [5.74, 6) is 0.896. The van der Waals surface area contributed by atoms with Gasteiger partial charge in [0.2, 0.25) is 5.69 Å². The molecule has 0 amide bonds. The van der Waals surface area contributed by atoms with Gasteiger partial charge >= 0.3 is 0 Å². The van der Waals surface area contributed by atoms with Crippen molar-refractivity contribution in [1.29, 1.82) is 5.26 Å². The fraction of sp³-hybridized carbons (Fsp3) is 0.143. The van der Waals surface area contributed by atoms with Gasteiger partial charge in [-0.25, -0.2) is 4.57 Å². The van der Waals surface area contributed by atoms with Crippen molar-refractivity contribution >= 4 is 21.9 Å². The number of hydrogen-bond donors (Lipinski definition) is 0. The first-order valence-corrected chi connectivity index (χ1v) is 10.8. The number of furan rings is 1. The average molecular weight is 417 g/mol. The number of aryl methyl sites for hydroxylation is 2. The Kier molecular flexibility index (Phi) is 4.06. The van der Waals surface area contributed by atoms with E-state index in [4.69, 9.17) is 9.15 Å². The number of pyridine rings is 1. The van der Waals surface area contributed by atoms with Gasteiger partial charge in [0.25, 0.3) is 0 Å². The van der Waals surface area contributed by atoms with Crippen LogP contribution in [0.5, 0.6) is 5.75 Å². The molecule has 0 spiro atoms. The van der Waals surface area contributed by atoms with Gasteiger partial charge in [0.1, 0.15) is 24.0 Å². The standard InChI is InChI=1S/C28H21N2O2/c1-17-6-10-21-22-11-9-20(16-29)26(19-8-7-18-12-14-31-24(18)15-19)28(22)32-27(21)25(17)23-5-3-4-13-30(23)2/h3-11,13,15H,12,14H2,1-2H3/q+1. The first kappa shape index (κ1) is 18.7. The van der Waals surface area contributed by atoms with Crippen LogP contribution in [0.2, 0.25) is 0 Å². The number of aromatic nitrogens is 1. The van der Waals surface area contributed by atoms with Gasteiger partial charge in [0, 0.05) is 34.9 Å². The van der Waals surface area contributed by atoms with Crippen LogP contribution in [-0.4, -0.2) is 6.61 Å². The number of fused-ring (bicyclic) bond motifs is 4. The highest BCUT2D eigenvalue weighted by molar-refractivity contribution is 6.14. The van der Waals surface area contributed by atoms with Gasteiger partial charge in [0.05, 0.1) is 23.8 Å². The molecular formula is C28H21N2O2+. The number of rotatable bonds is 2. The van der Waals surface area contributed by atoms with Crippen LogP contribution in [0, 0.1) is 18.3 Å². The van der Waals surface area contributed by atoms with Gasteiger partial charge in [-0.1, -0.05) is 24.3 Å². The van der Waals surface area contributed by atoms with Gasteiger partial charge in [-0.05, 0) is 47.9 Å². The second kappa shape index (κ2) is 6.96. The maximum absolute atomic E-state index is 9.89. The molecule has 0 saturated heterocycles. The lowest BCUT2D eigenvalue weighted by Crippen LogP contribution is -2.30. The summed E-state index contributed by atoms with van der Waals surface area (Å²) in [6.07, 6.45) is 2.96. The molecule has 0 unspecified atom stereocenters. The smallest absolute Gasteiger partial charge is 0.216 e. The zero-order chi connectivity index (χ0) is 21.8. The van der Waals surface area contributed by atoms with E-state index in [0.717, 1.165) is 62.1 Å². The molecule has 0 N–H and O–H groups in total. The molecule has 3 heterocycles. The van der Waals surface area contributed by atoms with Gasteiger partial charge in [-0.3, -0.25) is 0 Å². The van der Waals surface area contributed by atoms with Crippen molar-refractivity contribution in [1.82, 2.24) is 0 Å². The van der Waals surface area contributed by atoms with E-state index in [9.17, 15) is 5.26 Å². The molecule has 0 atom stereocenters. The predicted octanol–water partition coefficient (Wildman–Crippen LogP) is 5.86. The highest BCUT2D eigenvalue weighted by Gasteiger charge is 2.23. The van der Waals surface area contributed by atoms with Gasteiger partial charge < -0.3 is 9.15 Å². The first-order chi connectivity index (χ1) is 15.7. The molecule has 4 heteroatoms. The Morgan fingerprint density at radius 1 is 0.938 bits per heavy atom. The Balaban J connectivity index is 1.71. The summed E-state index contributed by atoms with van der Waals surface area (Å²) in [7, 11) is 2.04. The topological polar surface area (TPSA) is 50.0 Å². The molecule has 0 bridgehead atoms. The Labute approximate surface area is 185 Å². The van der Waals surface area contributed by atoms with Crippen LogP contribution >= 0.6 is 0 Å². The first-order valence-electron chi connectivity index (χ1n) is 10.8. The Hall–Kier alpha value is -4.10. The lowest BCUT2D eigenvalue weighted by atomic mass is 9.95. The summed E-state index contributed by atoms with van der Waals surface area (Å²) in [4.78, 5) is 0. The predicted molar refractivity (Wildman–Crippen MR) is 124 cm³/mol. The quantitative estimate of drug-likeness (QED) is 0.338. The van der Waals surface area contributed by atoms with Crippen LogP contribution in [-0.2, 0) is 13.5 Å². The van der Waals surface area contributed by atoms with E-state index in [1.54, 1.807) is 0 Å². The third kappa shape index (κ3) is 2.65. The molecule has 0 radical (unpaired) electrons. The third-order valence-electron chi connectivity index (χ3n) is 6.43. The zero-order valence-corrected chi connectivity index (χ0v) is 18.0. The van der Waals surface area contributed by atoms with Crippen LogP contribution in [0.25, 0.3) is 44.3 Å². The van der Waals surface area contributed by atoms with Crippen molar-refractivity contribution in [3.05, 3.63) is 83.6 Å². The molecule has 5 aromatic rings. The second-order valence-electron chi connectivity index (χ2n) is 8.33. The fourth-order valence-corrected chi connectivity index (χ4v) is 4.81. The number of nitriles is 1. The van der Waals surface area contributed by atoms with E-state index in [1.165, 1.54) is 5.56 Å². The lowest BCUT2D eigenvalue weighted by molar-refractivity contribution is -0.660. The lowest BCUT2D eigenvalue weighted by Gasteiger charge is -2.07. The molecule has 4 nitrogen and oxygen atoms in total. The Morgan fingerprint density at radius 2 is 1.75 bits per heavy atom. The Bertz CT molecular complexity index is 1590. The van der Waals surface area contributed by atoms with E-state index >= 15 is 0 Å². The fourth-order valence-electron chi connectivity index (χ4n) is 4.81. The van der Waals surface area contributed by atoms with Gasteiger partial charge in [-0.15, -0.1) is 0 Å². The summed E-state index contributed by atoms with van der Waals surface area (Å²) in [5.41, 5.74) is 8.45.